The van der Waals surface area contributed by atoms with Crippen LogP contribution in [0.4, 0.5) is 10.2 Å². The Morgan fingerprint density at radius 1 is 1.33 bits per heavy atom. The molecule has 0 saturated carbocycles. The zero-order chi connectivity index (χ0) is 13.1. The van der Waals surface area contributed by atoms with E-state index in [1.165, 1.54) is 18.2 Å². The topological polar surface area (TPSA) is 73.1 Å². The van der Waals surface area contributed by atoms with Crippen molar-refractivity contribution in [2.24, 2.45) is 5.84 Å². The second-order valence-electron chi connectivity index (χ2n) is 3.46. The molecule has 18 heavy (non-hydrogen) atoms. The Morgan fingerprint density at radius 3 is 2.83 bits per heavy atom. The number of aryl methyl sites for hydroxylation is 1. The lowest BCUT2D eigenvalue weighted by Gasteiger charge is -2.08. The van der Waals surface area contributed by atoms with Crippen LogP contribution in [0.15, 0.2) is 28.7 Å². The van der Waals surface area contributed by atoms with Gasteiger partial charge < -0.3 is 10.2 Å². The second kappa shape index (κ2) is 5.28. The number of rotatable bonds is 3. The van der Waals surface area contributed by atoms with Gasteiger partial charge in [-0.2, -0.15) is 4.98 Å². The van der Waals surface area contributed by atoms with E-state index in [0.29, 0.717) is 16.1 Å². The van der Waals surface area contributed by atoms with Crippen LogP contribution in [0.2, 0.25) is 0 Å². The normalized spacial score (nSPS) is 10.2. The van der Waals surface area contributed by atoms with E-state index in [0.717, 1.165) is 0 Å². The monoisotopic (exact) mass is 312 g/mol. The van der Waals surface area contributed by atoms with Crippen LogP contribution in [0, 0.1) is 12.7 Å². The van der Waals surface area contributed by atoms with E-state index >= 15 is 0 Å². The first-order valence-corrected chi connectivity index (χ1v) is 5.83. The minimum absolute atomic E-state index is 0.0745. The Labute approximate surface area is 111 Å². The fourth-order valence-electron chi connectivity index (χ4n) is 1.33. The van der Waals surface area contributed by atoms with E-state index < -0.39 is 5.82 Å². The quantitative estimate of drug-likeness (QED) is 0.673. The van der Waals surface area contributed by atoms with Gasteiger partial charge in [-0.1, -0.05) is 15.9 Å². The van der Waals surface area contributed by atoms with Crippen LogP contribution in [0.25, 0.3) is 0 Å². The molecule has 1 aromatic heterocycles. The van der Waals surface area contributed by atoms with Crippen LogP contribution in [-0.2, 0) is 0 Å². The molecule has 0 spiro atoms. The molecule has 0 bridgehead atoms. The lowest BCUT2D eigenvalue weighted by atomic mass is 10.3. The van der Waals surface area contributed by atoms with Gasteiger partial charge in [-0.3, -0.25) is 0 Å². The first-order valence-electron chi connectivity index (χ1n) is 5.03. The molecule has 0 radical (unpaired) electrons. The maximum atomic E-state index is 13.5. The minimum Gasteiger partial charge on any atom is -0.436 e. The first-order chi connectivity index (χ1) is 8.58. The number of benzene rings is 1. The minimum atomic E-state index is -0.475. The lowest BCUT2D eigenvalue weighted by Crippen LogP contribution is -2.09. The Hall–Kier alpha value is -1.73. The van der Waals surface area contributed by atoms with Gasteiger partial charge in [-0.05, 0) is 25.1 Å². The number of nitrogens with two attached hydrogens (primary N) is 1. The van der Waals surface area contributed by atoms with Gasteiger partial charge in [0, 0.05) is 10.5 Å². The predicted octanol–water partition coefficient (Wildman–Crippen LogP) is 2.76. The number of nitrogen functional groups attached to an aromatic ring is 1. The second-order valence-corrected chi connectivity index (χ2v) is 4.38. The molecule has 1 aromatic carbocycles. The molecule has 2 rings (SSSR count). The van der Waals surface area contributed by atoms with E-state index in [1.54, 1.807) is 13.0 Å². The SMILES string of the molecule is Cc1nc(NN)cc(Oc2cc(Br)ccc2F)n1. The van der Waals surface area contributed by atoms with Gasteiger partial charge >= 0.3 is 0 Å². The molecular weight excluding hydrogens is 303 g/mol. The van der Waals surface area contributed by atoms with Gasteiger partial charge in [-0.25, -0.2) is 15.2 Å². The van der Waals surface area contributed by atoms with E-state index in [-0.39, 0.29) is 11.6 Å². The fraction of sp³-hybridized carbons (Fsp3) is 0.0909. The van der Waals surface area contributed by atoms with Crippen molar-refractivity contribution in [1.82, 2.24) is 9.97 Å². The zero-order valence-corrected chi connectivity index (χ0v) is 11.0. The third-order valence-corrected chi connectivity index (χ3v) is 2.56. The number of hydrogen-bond acceptors (Lipinski definition) is 5. The fourth-order valence-corrected chi connectivity index (χ4v) is 1.67. The van der Waals surface area contributed by atoms with Gasteiger partial charge in [0.1, 0.15) is 11.6 Å². The zero-order valence-electron chi connectivity index (χ0n) is 9.45. The summed E-state index contributed by atoms with van der Waals surface area (Å²) in [5.74, 6) is 5.94. The smallest absolute Gasteiger partial charge is 0.224 e. The van der Waals surface area contributed by atoms with E-state index in [2.05, 4.69) is 31.3 Å². The Bertz CT molecular complexity index is 579. The third-order valence-electron chi connectivity index (χ3n) is 2.07. The van der Waals surface area contributed by atoms with Gasteiger partial charge in [0.25, 0.3) is 0 Å². The maximum absolute atomic E-state index is 13.5. The Balaban J connectivity index is 2.33. The number of halogens is 2. The summed E-state index contributed by atoms with van der Waals surface area (Å²) in [5, 5.41) is 0. The molecule has 5 nitrogen and oxygen atoms in total. The number of anilines is 1. The van der Waals surface area contributed by atoms with Crippen molar-refractivity contribution >= 4 is 21.7 Å². The van der Waals surface area contributed by atoms with Crippen LogP contribution >= 0.6 is 15.9 Å². The molecule has 3 N–H and O–H groups in total. The summed E-state index contributed by atoms with van der Waals surface area (Å²) >= 11 is 3.24. The average molecular weight is 313 g/mol. The standard InChI is InChI=1S/C11H10BrFN4O/c1-6-15-10(17-14)5-11(16-6)18-9-4-7(12)2-3-8(9)13/h2-5H,14H2,1H3,(H,15,16,17). The highest BCUT2D eigenvalue weighted by Crippen LogP contribution is 2.27. The van der Waals surface area contributed by atoms with Crippen molar-refractivity contribution in [3.8, 4) is 11.6 Å². The molecule has 0 aliphatic rings. The summed E-state index contributed by atoms with van der Waals surface area (Å²) in [7, 11) is 0. The van der Waals surface area contributed by atoms with Crippen molar-refractivity contribution in [3.63, 3.8) is 0 Å². The summed E-state index contributed by atoms with van der Waals surface area (Å²) in [6.45, 7) is 1.69. The summed E-state index contributed by atoms with van der Waals surface area (Å²) < 4.78 is 19.6. The van der Waals surface area contributed by atoms with Crippen molar-refractivity contribution in [1.29, 1.82) is 0 Å². The molecule has 0 atom stereocenters. The molecule has 0 fully saturated rings. The molecule has 0 unspecified atom stereocenters. The van der Waals surface area contributed by atoms with Crippen LogP contribution in [0.1, 0.15) is 5.82 Å². The van der Waals surface area contributed by atoms with Crippen molar-refractivity contribution in [2.45, 2.75) is 6.92 Å². The van der Waals surface area contributed by atoms with E-state index in [1.807, 2.05) is 0 Å². The largest absolute Gasteiger partial charge is 0.436 e. The number of aromatic nitrogens is 2. The number of ether oxygens (including phenoxy) is 1. The van der Waals surface area contributed by atoms with Gasteiger partial charge in [0.15, 0.2) is 11.6 Å². The molecule has 0 aliphatic carbocycles. The highest BCUT2D eigenvalue weighted by Gasteiger charge is 2.08. The van der Waals surface area contributed by atoms with Crippen molar-refractivity contribution < 1.29 is 9.13 Å². The van der Waals surface area contributed by atoms with E-state index in [4.69, 9.17) is 10.6 Å². The van der Waals surface area contributed by atoms with Crippen LogP contribution in [-0.4, -0.2) is 9.97 Å². The average Bonchev–Trinajstić information content (AvgIpc) is 2.33. The molecule has 0 aliphatic heterocycles. The van der Waals surface area contributed by atoms with Gasteiger partial charge in [0.2, 0.25) is 5.88 Å². The lowest BCUT2D eigenvalue weighted by molar-refractivity contribution is 0.425. The number of hydrogen-bond donors (Lipinski definition) is 2. The van der Waals surface area contributed by atoms with Gasteiger partial charge in [0.05, 0.1) is 0 Å². The number of nitrogens with zero attached hydrogens (tertiary/aromatic N) is 2. The molecular formula is C11H10BrFN4O. The molecule has 7 heteroatoms. The van der Waals surface area contributed by atoms with Crippen molar-refractivity contribution in [2.75, 3.05) is 5.43 Å². The first kappa shape index (κ1) is 12.7. The molecule has 0 saturated heterocycles. The summed E-state index contributed by atoms with van der Waals surface area (Å²) in [6, 6.07) is 5.88. The Kier molecular flexibility index (Phi) is 3.73. The van der Waals surface area contributed by atoms with Crippen LogP contribution in [0.5, 0.6) is 11.6 Å². The number of hydrazine groups is 1. The molecule has 94 valence electrons. The van der Waals surface area contributed by atoms with Crippen LogP contribution < -0.4 is 16.0 Å². The summed E-state index contributed by atoms with van der Waals surface area (Å²) in [6.07, 6.45) is 0. The molecule has 0 amide bonds. The highest BCUT2D eigenvalue weighted by molar-refractivity contribution is 9.10. The summed E-state index contributed by atoms with van der Waals surface area (Å²) in [5.41, 5.74) is 2.39. The maximum Gasteiger partial charge on any atom is 0.224 e. The highest BCUT2D eigenvalue weighted by atomic mass is 79.9. The summed E-state index contributed by atoms with van der Waals surface area (Å²) in [4.78, 5) is 8.04. The van der Waals surface area contributed by atoms with Crippen molar-refractivity contribution in [3.05, 3.63) is 40.4 Å². The van der Waals surface area contributed by atoms with Crippen LogP contribution in [0.3, 0.4) is 0 Å². The third kappa shape index (κ3) is 2.93. The number of nitrogens with one attached hydrogen (secondary N) is 1. The molecule has 2 aromatic rings. The molecule has 1 heterocycles. The Morgan fingerprint density at radius 2 is 2.11 bits per heavy atom. The predicted molar refractivity (Wildman–Crippen MR) is 68.8 cm³/mol. The van der Waals surface area contributed by atoms with E-state index in [9.17, 15) is 4.39 Å². The van der Waals surface area contributed by atoms with Gasteiger partial charge in [-0.15, -0.1) is 0 Å².